The molecule has 0 amide bonds. The molecule has 0 unspecified atom stereocenters. The number of nitrogens with one attached hydrogen (secondary N) is 1. The average Bonchev–Trinajstić information content (AvgIpc) is 2.70. The second-order valence-corrected chi connectivity index (χ2v) is 9.60. The van der Waals surface area contributed by atoms with Crippen molar-refractivity contribution in [1.29, 1.82) is 0 Å². The fraction of sp³-hybridized carbons (Fsp3) is 0.292. The van der Waals surface area contributed by atoms with Crippen LogP contribution in [0, 0.1) is 6.92 Å². The minimum atomic E-state index is -0.159. The first-order valence-electron chi connectivity index (χ1n) is 10.2. The number of aromatic amines is 1. The highest BCUT2D eigenvalue weighted by molar-refractivity contribution is 7.98. The van der Waals surface area contributed by atoms with Gasteiger partial charge in [0.2, 0.25) is 5.16 Å². The van der Waals surface area contributed by atoms with Crippen LogP contribution < -0.4 is 15.1 Å². The van der Waals surface area contributed by atoms with Crippen molar-refractivity contribution in [2.24, 2.45) is 0 Å². The van der Waals surface area contributed by atoms with Crippen molar-refractivity contribution in [2.45, 2.75) is 50.8 Å². The smallest absolute Gasteiger partial charge is 0.305 e. The molecule has 5 rings (SSSR count). The molecule has 0 fully saturated rings. The molecule has 6 heteroatoms. The number of anilines is 1. The number of rotatable bonds is 3. The van der Waals surface area contributed by atoms with Gasteiger partial charge in [0.05, 0.1) is 16.8 Å². The van der Waals surface area contributed by atoms with E-state index in [0.29, 0.717) is 17.5 Å². The maximum Gasteiger partial charge on any atom is 0.325 e. The van der Waals surface area contributed by atoms with Crippen molar-refractivity contribution in [3.05, 3.63) is 75.6 Å². The van der Waals surface area contributed by atoms with Crippen LogP contribution in [0.3, 0.4) is 0 Å². The highest BCUT2D eigenvalue weighted by atomic mass is 32.2. The Morgan fingerprint density at radius 2 is 1.90 bits per heavy atom. The number of aryl methyl sites for hydroxylation is 1. The van der Waals surface area contributed by atoms with E-state index >= 15 is 0 Å². The van der Waals surface area contributed by atoms with Gasteiger partial charge in [0.1, 0.15) is 0 Å². The lowest BCUT2D eigenvalue weighted by atomic mass is 9.85. The molecule has 0 radical (unpaired) electrons. The molecule has 1 aromatic heterocycles. The van der Waals surface area contributed by atoms with E-state index in [1.165, 1.54) is 16.7 Å². The number of hydrogen-bond donors (Lipinski definition) is 1. The van der Waals surface area contributed by atoms with E-state index in [1.807, 2.05) is 22.9 Å². The van der Waals surface area contributed by atoms with Crippen molar-refractivity contribution >= 4 is 23.0 Å². The van der Waals surface area contributed by atoms with Gasteiger partial charge in [-0.15, -0.1) is 0 Å². The molecule has 2 aliphatic rings. The van der Waals surface area contributed by atoms with Crippen LogP contribution in [0.5, 0.6) is 0 Å². The Labute approximate surface area is 180 Å². The van der Waals surface area contributed by atoms with Crippen molar-refractivity contribution in [1.82, 2.24) is 10.1 Å². The van der Waals surface area contributed by atoms with Gasteiger partial charge in [-0.1, -0.05) is 52.9 Å². The molecule has 0 bridgehead atoms. The van der Waals surface area contributed by atoms with Gasteiger partial charge in [-0.2, -0.15) is 0 Å². The molecule has 30 heavy (non-hydrogen) atoms. The van der Waals surface area contributed by atoms with Crippen molar-refractivity contribution in [2.75, 3.05) is 4.90 Å². The first-order valence-corrected chi connectivity index (χ1v) is 11.2. The molecular weight excluding hydrogens is 392 g/mol. The van der Waals surface area contributed by atoms with Crippen LogP contribution in [-0.4, -0.2) is 15.6 Å². The van der Waals surface area contributed by atoms with E-state index in [-0.39, 0.29) is 11.1 Å². The molecule has 2 aromatic carbocycles. The summed E-state index contributed by atoms with van der Waals surface area (Å²) in [5, 5.41) is 5.46. The van der Waals surface area contributed by atoms with Crippen LogP contribution in [0.2, 0.25) is 0 Å². The Morgan fingerprint density at radius 3 is 2.67 bits per heavy atom. The minimum absolute atomic E-state index is 0.0852. The molecule has 152 valence electrons. The Hall–Kier alpha value is -2.86. The van der Waals surface area contributed by atoms with Crippen LogP contribution in [0.1, 0.15) is 37.5 Å². The number of fused-ring (bicyclic) bond motifs is 2. The van der Waals surface area contributed by atoms with Gasteiger partial charge in [0, 0.05) is 16.4 Å². The van der Waals surface area contributed by atoms with Gasteiger partial charge in [-0.25, -0.2) is 0 Å². The third-order valence-electron chi connectivity index (χ3n) is 5.87. The van der Waals surface area contributed by atoms with Crippen LogP contribution in [0.15, 0.2) is 58.5 Å². The van der Waals surface area contributed by atoms with Crippen LogP contribution in [0.25, 0.3) is 16.8 Å². The molecule has 0 spiro atoms. The van der Waals surface area contributed by atoms with Gasteiger partial charge in [-0.05, 0) is 56.5 Å². The molecule has 1 N–H and O–H groups in total. The highest BCUT2D eigenvalue weighted by Gasteiger charge is 2.43. The normalized spacial score (nSPS) is 16.0. The molecule has 2 aliphatic heterocycles. The Balaban J connectivity index is 1.62. The summed E-state index contributed by atoms with van der Waals surface area (Å²) in [7, 11) is 0. The minimum Gasteiger partial charge on any atom is -0.305 e. The number of aromatic nitrogens is 3. The second-order valence-electron chi connectivity index (χ2n) is 8.64. The van der Waals surface area contributed by atoms with E-state index < -0.39 is 0 Å². The Bertz CT molecular complexity index is 1240. The van der Waals surface area contributed by atoms with E-state index in [2.05, 4.69) is 67.9 Å². The van der Waals surface area contributed by atoms with E-state index in [9.17, 15) is 4.79 Å². The number of allylic oxidation sites excluding steroid dienone is 1. The van der Waals surface area contributed by atoms with Crippen LogP contribution in [0.4, 0.5) is 5.69 Å². The fourth-order valence-corrected chi connectivity index (χ4v) is 5.34. The van der Waals surface area contributed by atoms with E-state index in [4.69, 9.17) is 5.10 Å². The lowest BCUT2D eigenvalue weighted by molar-refractivity contribution is -0.749. The monoisotopic (exact) mass is 417 g/mol. The molecule has 0 saturated heterocycles. The first-order chi connectivity index (χ1) is 14.3. The third-order valence-corrected chi connectivity index (χ3v) is 6.80. The van der Waals surface area contributed by atoms with E-state index in [0.717, 1.165) is 22.6 Å². The molecule has 3 aromatic rings. The lowest BCUT2D eigenvalue weighted by Crippen LogP contribution is -2.60. The fourth-order valence-electron chi connectivity index (χ4n) is 4.52. The Morgan fingerprint density at radius 1 is 1.17 bits per heavy atom. The molecule has 5 nitrogen and oxygen atoms in total. The quantitative estimate of drug-likeness (QED) is 0.510. The standard InChI is InChI=1S/C24H24N4OS/c1-15-10-18-16(2)12-24(3,4)27-14-28-21(19(11-15)20(18)27)22(29)25-23(26-28)30-13-17-8-6-5-7-9-17/h5-12H,13-14H2,1-4H3/p+1. The summed E-state index contributed by atoms with van der Waals surface area (Å²) in [4.78, 5) is 18.5. The number of hydrogen-bond acceptors (Lipinski definition) is 4. The topological polar surface area (TPSA) is 52.9 Å². The van der Waals surface area contributed by atoms with E-state index in [1.54, 1.807) is 11.8 Å². The van der Waals surface area contributed by atoms with Crippen molar-refractivity contribution in [3.63, 3.8) is 0 Å². The predicted molar refractivity (Wildman–Crippen MR) is 121 cm³/mol. The summed E-state index contributed by atoms with van der Waals surface area (Å²) in [6.45, 7) is 9.22. The van der Waals surface area contributed by atoms with Gasteiger partial charge < -0.3 is 4.90 Å². The number of nitrogens with zero attached hydrogens (tertiary/aromatic N) is 3. The van der Waals surface area contributed by atoms with Crippen molar-refractivity contribution in [3.8, 4) is 11.3 Å². The molecule has 0 saturated carbocycles. The van der Waals surface area contributed by atoms with Gasteiger partial charge >= 0.3 is 11.3 Å². The summed E-state index contributed by atoms with van der Waals surface area (Å²) in [5.41, 5.74) is 7.31. The summed E-state index contributed by atoms with van der Waals surface area (Å²) >= 11 is 1.55. The molecule has 0 aliphatic carbocycles. The van der Waals surface area contributed by atoms with Crippen LogP contribution in [-0.2, 0) is 12.4 Å². The van der Waals surface area contributed by atoms with Gasteiger partial charge in [-0.3, -0.25) is 9.78 Å². The predicted octanol–water partition coefficient (Wildman–Crippen LogP) is 4.30. The average molecular weight is 418 g/mol. The van der Waals surface area contributed by atoms with Gasteiger partial charge in [0.25, 0.3) is 6.67 Å². The van der Waals surface area contributed by atoms with Gasteiger partial charge in [0.15, 0.2) is 0 Å². The number of thioether (sulfide) groups is 1. The zero-order valence-electron chi connectivity index (χ0n) is 17.7. The second kappa shape index (κ2) is 6.84. The summed E-state index contributed by atoms with van der Waals surface area (Å²) in [5.74, 6) is 0.764. The summed E-state index contributed by atoms with van der Waals surface area (Å²) in [6, 6.07) is 14.6. The zero-order chi connectivity index (χ0) is 21.0. The number of H-pyrrole nitrogens is 1. The maximum atomic E-state index is 13.2. The number of benzene rings is 2. The largest absolute Gasteiger partial charge is 0.325 e. The third kappa shape index (κ3) is 3.06. The molecule has 0 atom stereocenters. The molecule has 3 heterocycles. The van der Waals surface area contributed by atoms with Crippen molar-refractivity contribution < 1.29 is 4.68 Å². The highest BCUT2D eigenvalue weighted by Crippen LogP contribution is 2.45. The summed E-state index contributed by atoms with van der Waals surface area (Å²) in [6.07, 6.45) is 2.31. The Kier molecular flexibility index (Phi) is 4.36. The lowest BCUT2D eigenvalue weighted by Gasteiger charge is -2.43. The SMILES string of the molecule is CC1=CC(C)(C)N2C[n+]3nc(SCc4ccccc4)[nH]c(=O)c3-c3cc(C)cc1c32. The first kappa shape index (κ1) is 19.1. The van der Waals surface area contributed by atoms with Crippen LogP contribution >= 0.6 is 11.8 Å². The zero-order valence-corrected chi connectivity index (χ0v) is 18.5. The molecular formula is C24H25N4OS+. The summed E-state index contributed by atoms with van der Waals surface area (Å²) < 4.78 is 1.87. The maximum absolute atomic E-state index is 13.2.